The molecule has 0 spiro atoms. The van der Waals surface area contributed by atoms with Crippen LogP contribution in [-0.2, 0) is 0 Å². The van der Waals surface area contributed by atoms with E-state index in [1.165, 1.54) is 36.8 Å². The minimum absolute atomic E-state index is 0.460. The summed E-state index contributed by atoms with van der Waals surface area (Å²) in [6.07, 6.45) is 8.52. The summed E-state index contributed by atoms with van der Waals surface area (Å²) in [6.45, 7) is 4.21. The maximum atomic E-state index is 4.75. The topological polar surface area (TPSA) is 62.7 Å². The number of pyridine rings is 1. The van der Waals surface area contributed by atoms with Gasteiger partial charge in [0.15, 0.2) is 0 Å². The van der Waals surface area contributed by atoms with Crippen LogP contribution in [0, 0.1) is 13.8 Å². The largest absolute Gasteiger partial charge is 0.351 e. The Balaban J connectivity index is 1.71. The zero-order chi connectivity index (χ0) is 18.6. The number of para-hydroxylation sites is 1. The van der Waals surface area contributed by atoms with Crippen LogP contribution >= 0.6 is 0 Å². The lowest BCUT2D eigenvalue weighted by Crippen LogP contribution is -2.17. The summed E-state index contributed by atoms with van der Waals surface area (Å²) >= 11 is 0. The van der Waals surface area contributed by atoms with Gasteiger partial charge in [0, 0.05) is 35.8 Å². The summed E-state index contributed by atoms with van der Waals surface area (Å²) in [7, 11) is 0. The van der Waals surface area contributed by atoms with E-state index in [0.29, 0.717) is 12.0 Å². The monoisotopic (exact) mass is 359 g/mol. The average Bonchev–Trinajstić information content (AvgIpc) is 3.18. The van der Waals surface area contributed by atoms with Crippen LogP contribution in [0.25, 0.3) is 11.3 Å². The second-order valence-electron chi connectivity index (χ2n) is 7.22. The van der Waals surface area contributed by atoms with Crippen molar-refractivity contribution in [2.45, 2.75) is 45.6 Å². The lowest BCUT2D eigenvalue weighted by atomic mass is 10.1. The Kier molecular flexibility index (Phi) is 5.01. The molecule has 0 bridgehead atoms. The SMILES string of the molecule is Cc1cccc(C)c1Nc1cc(-c2cccnc2)nc(NC2CCCC2)n1. The molecule has 1 aromatic carbocycles. The summed E-state index contributed by atoms with van der Waals surface area (Å²) < 4.78 is 0. The van der Waals surface area contributed by atoms with Crippen molar-refractivity contribution in [1.82, 2.24) is 15.0 Å². The number of nitrogens with zero attached hydrogens (tertiary/aromatic N) is 3. The maximum absolute atomic E-state index is 4.75. The minimum atomic E-state index is 0.460. The average molecular weight is 359 g/mol. The fourth-order valence-corrected chi connectivity index (χ4v) is 3.63. The van der Waals surface area contributed by atoms with E-state index in [-0.39, 0.29) is 0 Å². The van der Waals surface area contributed by atoms with E-state index < -0.39 is 0 Å². The quantitative estimate of drug-likeness (QED) is 0.651. The highest BCUT2D eigenvalue weighted by Gasteiger charge is 2.17. The Labute approximate surface area is 160 Å². The third-order valence-electron chi connectivity index (χ3n) is 5.11. The normalized spacial score (nSPS) is 14.3. The smallest absolute Gasteiger partial charge is 0.225 e. The molecule has 5 heteroatoms. The van der Waals surface area contributed by atoms with Gasteiger partial charge in [-0.1, -0.05) is 31.0 Å². The van der Waals surface area contributed by atoms with Crippen LogP contribution in [0.1, 0.15) is 36.8 Å². The number of aromatic nitrogens is 3. The standard InChI is InChI=1S/C22H25N5/c1-15-7-5-8-16(2)21(15)26-20-13-19(17-9-6-12-23-14-17)25-22(27-20)24-18-10-3-4-11-18/h5-9,12-14,18H,3-4,10-11H2,1-2H3,(H2,24,25,26,27). The number of rotatable bonds is 5. The van der Waals surface area contributed by atoms with Crippen LogP contribution in [0.3, 0.4) is 0 Å². The number of nitrogens with one attached hydrogen (secondary N) is 2. The van der Waals surface area contributed by atoms with Crippen LogP contribution in [0.4, 0.5) is 17.5 Å². The molecule has 5 nitrogen and oxygen atoms in total. The molecule has 0 unspecified atom stereocenters. The van der Waals surface area contributed by atoms with Crippen molar-refractivity contribution in [3.63, 3.8) is 0 Å². The van der Waals surface area contributed by atoms with Crippen molar-refractivity contribution in [3.05, 3.63) is 59.9 Å². The molecule has 2 N–H and O–H groups in total. The highest BCUT2D eigenvalue weighted by molar-refractivity contribution is 5.69. The lowest BCUT2D eigenvalue weighted by molar-refractivity contribution is 0.744. The van der Waals surface area contributed by atoms with E-state index in [1.54, 1.807) is 6.20 Å². The molecular formula is C22H25N5. The van der Waals surface area contributed by atoms with Crippen LogP contribution in [0.2, 0.25) is 0 Å². The summed E-state index contributed by atoms with van der Waals surface area (Å²) in [5, 5.41) is 7.03. The van der Waals surface area contributed by atoms with Gasteiger partial charge in [-0.2, -0.15) is 4.98 Å². The summed E-state index contributed by atoms with van der Waals surface area (Å²) in [5.41, 5.74) is 5.34. The molecule has 3 aromatic rings. The number of aryl methyl sites for hydroxylation is 2. The first-order valence-corrected chi connectivity index (χ1v) is 9.58. The van der Waals surface area contributed by atoms with Crippen molar-refractivity contribution < 1.29 is 0 Å². The van der Waals surface area contributed by atoms with E-state index in [4.69, 9.17) is 9.97 Å². The zero-order valence-electron chi connectivity index (χ0n) is 15.9. The van der Waals surface area contributed by atoms with E-state index in [2.05, 4.69) is 47.7 Å². The molecule has 0 saturated heterocycles. The number of anilines is 3. The molecule has 4 rings (SSSR count). The van der Waals surface area contributed by atoms with Crippen molar-refractivity contribution in [3.8, 4) is 11.3 Å². The van der Waals surface area contributed by atoms with Gasteiger partial charge in [0.1, 0.15) is 5.82 Å². The van der Waals surface area contributed by atoms with Crippen molar-refractivity contribution in [1.29, 1.82) is 0 Å². The van der Waals surface area contributed by atoms with E-state index in [1.807, 2.05) is 24.4 Å². The van der Waals surface area contributed by atoms with Gasteiger partial charge in [-0.3, -0.25) is 4.98 Å². The molecule has 1 aliphatic carbocycles. The van der Waals surface area contributed by atoms with Crippen molar-refractivity contribution in [2.24, 2.45) is 0 Å². The first-order chi connectivity index (χ1) is 13.2. The Bertz CT molecular complexity index is 897. The molecule has 1 fully saturated rings. The maximum Gasteiger partial charge on any atom is 0.225 e. The van der Waals surface area contributed by atoms with E-state index >= 15 is 0 Å². The molecule has 138 valence electrons. The Hall–Kier alpha value is -2.95. The Morgan fingerprint density at radius 1 is 0.963 bits per heavy atom. The fraction of sp³-hybridized carbons (Fsp3) is 0.318. The van der Waals surface area contributed by atoms with Gasteiger partial charge < -0.3 is 10.6 Å². The summed E-state index contributed by atoms with van der Waals surface area (Å²) in [4.78, 5) is 13.7. The molecule has 27 heavy (non-hydrogen) atoms. The second kappa shape index (κ2) is 7.74. The highest BCUT2D eigenvalue weighted by Crippen LogP contribution is 2.28. The van der Waals surface area contributed by atoms with Gasteiger partial charge in [0.25, 0.3) is 0 Å². The van der Waals surface area contributed by atoms with Gasteiger partial charge in [0.05, 0.1) is 5.69 Å². The molecule has 0 radical (unpaired) electrons. The number of hydrogen-bond acceptors (Lipinski definition) is 5. The predicted octanol–water partition coefficient (Wildman–Crippen LogP) is 5.25. The predicted molar refractivity (Wildman–Crippen MR) is 110 cm³/mol. The summed E-state index contributed by atoms with van der Waals surface area (Å²) in [5.74, 6) is 1.47. The van der Waals surface area contributed by atoms with Gasteiger partial charge >= 0.3 is 0 Å². The molecule has 0 atom stereocenters. The van der Waals surface area contributed by atoms with E-state index in [9.17, 15) is 0 Å². The van der Waals surface area contributed by atoms with Gasteiger partial charge in [-0.15, -0.1) is 0 Å². The first kappa shape index (κ1) is 17.5. The van der Waals surface area contributed by atoms with Crippen LogP contribution in [-0.4, -0.2) is 21.0 Å². The molecule has 2 heterocycles. The molecule has 1 saturated carbocycles. The highest BCUT2D eigenvalue weighted by atomic mass is 15.2. The molecule has 0 aliphatic heterocycles. The van der Waals surface area contributed by atoms with Crippen molar-refractivity contribution >= 4 is 17.5 Å². The Morgan fingerprint density at radius 3 is 2.44 bits per heavy atom. The summed E-state index contributed by atoms with van der Waals surface area (Å²) in [6, 6.07) is 12.7. The van der Waals surface area contributed by atoms with Crippen LogP contribution in [0.5, 0.6) is 0 Å². The molecule has 1 aliphatic rings. The minimum Gasteiger partial charge on any atom is -0.351 e. The van der Waals surface area contributed by atoms with Gasteiger partial charge in [0.2, 0.25) is 5.95 Å². The second-order valence-corrected chi connectivity index (χ2v) is 7.22. The van der Waals surface area contributed by atoms with Gasteiger partial charge in [-0.25, -0.2) is 4.98 Å². The Morgan fingerprint density at radius 2 is 1.74 bits per heavy atom. The number of hydrogen-bond donors (Lipinski definition) is 2. The third-order valence-corrected chi connectivity index (χ3v) is 5.11. The molecule has 2 aromatic heterocycles. The third kappa shape index (κ3) is 4.08. The van der Waals surface area contributed by atoms with Gasteiger partial charge in [-0.05, 0) is 49.9 Å². The van der Waals surface area contributed by atoms with E-state index in [0.717, 1.165) is 22.8 Å². The molecule has 0 amide bonds. The lowest BCUT2D eigenvalue weighted by Gasteiger charge is -2.16. The van der Waals surface area contributed by atoms with Crippen LogP contribution in [0.15, 0.2) is 48.8 Å². The molecular weight excluding hydrogens is 334 g/mol. The number of benzene rings is 1. The van der Waals surface area contributed by atoms with Crippen molar-refractivity contribution in [2.75, 3.05) is 10.6 Å². The fourth-order valence-electron chi connectivity index (χ4n) is 3.63. The zero-order valence-corrected chi connectivity index (χ0v) is 15.9. The first-order valence-electron chi connectivity index (χ1n) is 9.58. The van der Waals surface area contributed by atoms with Crippen LogP contribution < -0.4 is 10.6 Å².